The van der Waals surface area contributed by atoms with E-state index in [2.05, 4.69) is 33.6 Å². The summed E-state index contributed by atoms with van der Waals surface area (Å²) in [6, 6.07) is 3.55. The number of fused-ring (bicyclic) bond motifs is 2. The Balaban J connectivity index is 1.89. The van der Waals surface area contributed by atoms with Gasteiger partial charge in [-0.3, -0.25) is 9.88 Å². The summed E-state index contributed by atoms with van der Waals surface area (Å²) in [6.45, 7) is -0.929. The van der Waals surface area contributed by atoms with Crippen LogP contribution in [0.4, 0.5) is 13.2 Å². The van der Waals surface area contributed by atoms with Crippen LogP contribution in [0.2, 0.25) is 0 Å². The summed E-state index contributed by atoms with van der Waals surface area (Å²) in [6.07, 6.45) is 3.47. The van der Waals surface area contributed by atoms with Gasteiger partial charge in [-0.1, -0.05) is 12.2 Å². The monoisotopic (exact) mass is 419 g/mol. The fourth-order valence-corrected chi connectivity index (χ4v) is 3.89. The third-order valence-electron chi connectivity index (χ3n) is 4.36. The predicted molar refractivity (Wildman–Crippen MR) is 83.0 cm³/mol. The maximum atomic E-state index is 12.7. The first-order valence-corrected chi connectivity index (χ1v) is 7.94. The van der Waals surface area contributed by atoms with Gasteiger partial charge in [-0.2, -0.15) is 18.4 Å². The molecule has 1 aromatic heterocycles. The SMILES string of the molecule is N#CC1(c2cncc(I)c2)C[C@H]2C=C[C@@H](C1)N2CC(F)(F)F. The molecule has 1 aromatic rings. The van der Waals surface area contributed by atoms with Crippen LogP contribution < -0.4 is 0 Å². The van der Waals surface area contributed by atoms with Crippen molar-refractivity contribution < 1.29 is 13.2 Å². The highest BCUT2D eigenvalue weighted by Crippen LogP contribution is 2.45. The van der Waals surface area contributed by atoms with Crippen molar-refractivity contribution in [3.63, 3.8) is 0 Å². The highest BCUT2D eigenvalue weighted by Gasteiger charge is 2.50. The number of piperidine rings is 1. The van der Waals surface area contributed by atoms with Crippen LogP contribution in [-0.2, 0) is 5.41 Å². The molecule has 2 aliphatic heterocycles. The van der Waals surface area contributed by atoms with E-state index < -0.39 is 18.1 Å². The molecule has 1 unspecified atom stereocenters. The molecule has 0 radical (unpaired) electrons. The van der Waals surface area contributed by atoms with Crippen molar-refractivity contribution in [1.82, 2.24) is 9.88 Å². The van der Waals surface area contributed by atoms with Gasteiger partial charge in [0.2, 0.25) is 0 Å². The molecular formula is C15H13F3IN3. The first-order chi connectivity index (χ1) is 10.3. The van der Waals surface area contributed by atoms with Crippen LogP contribution in [0.1, 0.15) is 18.4 Å². The summed E-state index contributed by atoms with van der Waals surface area (Å²) in [5.74, 6) is 0. The molecule has 3 heterocycles. The van der Waals surface area contributed by atoms with Crippen LogP contribution in [0.3, 0.4) is 0 Å². The van der Waals surface area contributed by atoms with E-state index in [0.29, 0.717) is 12.8 Å². The van der Waals surface area contributed by atoms with E-state index in [4.69, 9.17) is 0 Å². The molecule has 2 bridgehead atoms. The Morgan fingerprint density at radius 1 is 1.32 bits per heavy atom. The third-order valence-corrected chi connectivity index (χ3v) is 4.95. The van der Waals surface area contributed by atoms with Crippen LogP contribution in [0.5, 0.6) is 0 Å². The van der Waals surface area contributed by atoms with Crippen LogP contribution in [0, 0.1) is 14.9 Å². The first kappa shape index (κ1) is 15.7. The highest BCUT2D eigenvalue weighted by atomic mass is 127. The first-order valence-electron chi connectivity index (χ1n) is 6.86. The number of nitrogens with zero attached hydrogens (tertiary/aromatic N) is 3. The Morgan fingerprint density at radius 3 is 2.45 bits per heavy atom. The largest absolute Gasteiger partial charge is 0.401 e. The van der Waals surface area contributed by atoms with Crippen LogP contribution >= 0.6 is 22.6 Å². The minimum absolute atomic E-state index is 0.349. The number of nitriles is 1. The molecule has 1 saturated heterocycles. The minimum atomic E-state index is -4.22. The molecule has 116 valence electrons. The number of halogens is 4. The Labute approximate surface area is 140 Å². The summed E-state index contributed by atoms with van der Waals surface area (Å²) < 4.78 is 39.1. The van der Waals surface area contributed by atoms with Crippen molar-refractivity contribution >= 4 is 22.6 Å². The van der Waals surface area contributed by atoms with Crippen LogP contribution in [-0.4, -0.2) is 34.7 Å². The summed E-state index contributed by atoms with van der Waals surface area (Å²) in [7, 11) is 0. The standard InChI is InChI=1S/C15H13F3IN3/c16-15(17,18)9-22-12-1-2-13(22)5-14(4-12,8-20)10-3-11(19)7-21-6-10/h1-3,6-7,12-13H,4-5,9H2/t12-,13+,14?. The smallest absolute Gasteiger partial charge is 0.282 e. The second-order valence-corrected chi connectivity index (χ2v) is 7.05. The van der Waals surface area contributed by atoms with Gasteiger partial charge in [0, 0.05) is 28.0 Å². The highest BCUT2D eigenvalue weighted by molar-refractivity contribution is 14.1. The quantitative estimate of drug-likeness (QED) is 0.545. The van der Waals surface area contributed by atoms with E-state index in [-0.39, 0.29) is 12.1 Å². The zero-order chi connectivity index (χ0) is 16.0. The van der Waals surface area contributed by atoms with Gasteiger partial charge in [0.1, 0.15) is 0 Å². The number of rotatable bonds is 2. The van der Waals surface area contributed by atoms with Crippen molar-refractivity contribution in [3.8, 4) is 6.07 Å². The van der Waals surface area contributed by atoms with Crippen molar-refractivity contribution in [1.29, 1.82) is 5.26 Å². The average Bonchev–Trinajstić information content (AvgIpc) is 2.69. The van der Waals surface area contributed by atoms with Gasteiger partial charge in [-0.15, -0.1) is 0 Å². The van der Waals surface area contributed by atoms with E-state index in [1.54, 1.807) is 24.5 Å². The maximum absolute atomic E-state index is 12.7. The molecule has 0 spiro atoms. The van der Waals surface area contributed by atoms with Gasteiger partial charge in [0.15, 0.2) is 0 Å². The Kier molecular flexibility index (Phi) is 3.93. The summed E-state index contributed by atoms with van der Waals surface area (Å²) in [5, 5.41) is 9.72. The maximum Gasteiger partial charge on any atom is 0.401 e. The summed E-state index contributed by atoms with van der Waals surface area (Å²) >= 11 is 2.13. The van der Waals surface area contributed by atoms with E-state index in [0.717, 1.165) is 9.13 Å². The molecule has 1 fully saturated rings. The Hall–Kier alpha value is -1.14. The molecule has 0 aliphatic carbocycles. The summed E-state index contributed by atoms with van der Waals surface area (Å²) in [4.78, 5) is 5.57. The van der Waals surface area contributed by atoms with Gasteiger partial charge in [-0.25, -0.2) is 0 Å². The van der Waals surface area contributed by atoms with Gasteiger partial charge < -0.3 is 0 Å². The number of hydrogen-bond acceptors (Lipinski definition) is 3. The predicted octanol–water partition coefficient (Wildman–Crippen LogP) is 3.41. The van der Waals surface area contributed by atoms with Crippen molar-refractivity contribution in [2.45, 2.75) is 36.5 Å². The van der Waals surface area contributed by atoms with E-state index in [9.17, 15) is 18.4 Å². The number of alkyl halides is 3. The average molecular weight is 419 g/mol. The molecule has 0 N–H and O–H groups in total. The zero-order valence-electron chi connectivity index (χ0n) is 11.5. The topological polar surface area (TPSA) is 39.9 Å². The van der Waals surface area contributed by atoms with Gasteiger partial charge in [0.25, 0.3) is 0 Å². The van der Waals surface area contributed by atoms with E-state index in [1.165, 1.54) is 4.90 Å². The molecular weight excluding hydrogens is 406 g/mol. The lowest BCUT2D eigenvalue weighted by Gasteiger charge is -2.43. The second-order valence-electron chi connectivity index (χ2n) is 5.80. The molecule has 3 atom stereocenters. The number of hydrogen-bond donors (Lipinski definition) is 0. The van der Waals surface area contributed by atoms with E-state index >= 15 is 0 Å². The Bertz CT molecular complexity index is 634. The van der Waals surface area contributed by atoms with Gasteiger partial charge >= 0.3 is 6.18 Å². The van der Waals surface area contributed by atoms with Gasteiger partial charge in [-0.05, 0) is 47.1 Å². The minimum Gasteiger partial charge on any atom is -0.282 e. The van der Waals surface area contributed by atoms with E-state index in [1.807, 2.05) is 6.07 Å². The fourth-order valence-electron chi connectivity index (χ4n) is 3.40. The molecule has 2 aliphatic rings. The normalized spacial score (nSPS) is 31.2. The molecule has 0 amide bonds. The molecule has 7 heteroatoms. The van der Waals surface area contributed by atoms with Crippen molar-refractivity contribution in [2.75, 3.05) is 6.54 Å². The molecule has 0 saturated carbocycles. The third kappa shape index (κ3) is 2.86. The lowest BCUT2D eigenvalue weighted by molar-refractivity contribution is -0.155. The second kappa shape index (κ2) is 5.49. The van der Waals surface area contributed by atoms with Crippen molar-refractivity contribution in [3.05, 3.63) is 39.7 Å². The lowest BCUT2D eigenvalue weighted by Crippen LogP contribution is -2.52. The zero-order valence-corrected chi connectivity index (χ0v) is 13.7. The van der Waals surface area contributed by atoms with Gasteiger partial charge in [0.05, 0.1) is 18.0 Å². The van der Waals surface area contributed by atoms with Crippen LogP contribution in [0.25, 0.3) is 0 Å². The fraction of sp³-hybridized carbons (Fsp3) is 0.467. The summed E-state index contributed by atoms with van der Waals surface area (Å²) in [5.41, 5.74) is 0.0297. The van der Waals surface area contributed by atoms with Crippen molar-refractivity contribution in [2.24, 2.45) is 0 Å². The number of pyridine rings is 1. The Morgan fingerprint density at radius 2 is 1.95 bits per heavy atom. The molecule has 22 heavy (non-hydrogen) atoms. The number of aromatic nitrogens is 1. The van der Waals surface area contributed by atoms with Crippen LogP contribution in [0.15, 0.2) is 30.6 Å². The molecule has 0 aromatic carbocycles. The lowest BCUT2D eigenvalue weighted by atomic mass is 9.71. The molecule has 3 nitrogen and oxygen atoms in total. The molecule has 3 rings (SSSR count).